The number of rotatable bonds is 15. The Balaban J connectivity index is 0.740. The monoisotopic (exact) mass is 832 g/mol. The number of amides is 4. The maximum Gasteiger partial charge on any atom is 0.255 e. The van der Waals surface area contributed by atoms with Crippen molar-refractivity contribution in [2.75, 3.05) is 35.6 Å². The number of nitrogens with one attached hydrogen (secondary N) is 4. The smallest absolute Gasteiger partial charge is 0.255 e. The summed E-state index contributed by atoms with van der Waals surface area (Å²) < 4.78 is 0. The number of fused-ring (bicyclic) bond motifs is 4. The van der Waals surface area contributed by atoms with E-state index in [-0.39, 0.29) is 42.8 Å². The number of nitrogens with zero attached hydrogens (tertiary/aromatic N) is 4. The number of imide groups is 1. The third-order valence-corrected chi connectivity index (χ3v) is 12.9. The second-order valence-electron chi connectivity index (χ2n) is 16.9. The quantitative estimate of drug-likeness (QED) is 0.0600. The number of hydrogen-bond acceptors (Lipinski definition) is 10. The van der Waals surface area contributed by atoms with E-state index in [0.717, 1.165) is 77.4 Å². The molecule has 3 aromatic carbocycles. The number of hydrogen-bond donors (Lipinski definition) is 5. The van der Waals surface area contributed by atoms with Crippen LogP contribution in [0.3, 0.4) is 0 Å². The molecule has 4 amide bonds. The summed E-state index contributed by atoms with van der Waals surface area (Å²) in [7, 11) is 0. The summed E-state index contributed by atoms with van der Waals surface area (Å²) in [4.78, 5) is 63.3. The average Bonchev–Trinajstić information content (AvgIpc) is 3.86. The number of benzene rings is 3. The summed E-state index contributed by atoms with van der Waals surface area (Å²) in [6.45, 7) is 2.92. The highest BCUT2D eigenvalue weighted by Gasteiger charge is 2.44. The molecule has 9 rings (SSSR count). The minimum absolute atomic E-state index is 0.0112. The number of aliphatic hydroxyl groups excluding tert-OH is 1. The second kappa shape index (κ2) is 18.3. The number of aromatic nitrogens is 2. The van der Waals surface area contributed by atoms with E-state index in [4.69, 9.17) is 0 Å². The van der Waals surface area contributed by atoms with Crippen LogP contribution in [0.2, 0.25) is 0 Å². The van der Waals surface area contributed by atoms with Gasteiger partial charge in [-0.05, 0) is 127 Å². The molecule has 2 saturated heterocycles. The van der Waals surface area contributed by atoms with Gasteiger partial charge in [-0.1, -0.05) is 30.3 Å². The molecule has 5 aromatic rings. The van der Waals surface area contributed by atoms with Crippen LogP contribution in [-0.2, 0) is 40.3 Å². The van der Waals surface area contributed by atoms with Crippen LogP contribution in [0.15, 0.2) is 104 Å². The molecule has 6 heterocycles. The van der Waals surface area contributed by atoms with Gasteiger partial charge in [0.05, 0.1) is 12.6 Å². The van der Waals surface area contributed by atoms with Crippen LogP contribution >= 0.6 is 0 Å². The first kappa shape index (κ1) is 40.9. The van der Waals surface area contributed by atoms with Gasteiger partial charge in [-0.2, -0.15) is 0 Å². The SMILES string of the molecule is O=C1CCC(N2Cc3c(NCCCc4ccc(CCCC(=O)Nc5cccc(-c6ccc7c(c6)[C@H]6[C@H](CCN6Cc6ccncc6)[C@@H](CO)N7)c5)nc4)cccc3C2=O)C(=O)N1. The van der Waals surface area contributed by atoms with Gasteiger partial charge in [-0.25, -0.2) is 0 Å². The highest BCUT2D eigenvalue weighted by atomic mass is 16.3. The molecule has 2 fully saturated rings. The van der Waals surface area contributed by atoms with E-state index < -0.39 is 11.9 Å². The number of carbonyl (C=O) groups is 4. The van der Waals surface area contributed by atoms with Crippen molar-refractivity contribution in [3.05, 3.63) is 137 Å². The summed E-state index contributed by atoms with van der Waals surface area (Å²) in [6.07, 6.45) is 10.6. The van der Waals surface area contributed by atoms with Crippen LogP contribution < -0.4 is 21.3 Å². The molecule has 13 nitrogen and oxygen atoms in total. The summed E-state index contributed by atoms with van der Waals surface area (Å²) in [6, 6.07) is 28.0. The van der Waals surface area contributed by atoms with Crippen molar-refractivity contribution >= 4 is 40.7 Å². The molecule has 318 valence electrons. The van der Waals surface area contributed by atoms with Gasteiger partial charge in [0.25, 0.3) is 5.91 Å². The third-order valence-electron chi connectivity index (χ3n) is 12.9. The molecule has 4 atom stereocenters. The number of pyridine rings is 2. The van der Waals surface area contributed by atoms with E-state index in [2.05, 4.69) is 78.6 Å². The largest absolute Gasteiger partial charge is 0.394 e. The van der Waals surface area contributed by atoms with Gasteiger partial charge in [0.1, 0.15) is 6.04 Å². The van der Waals surface area contributed by atoms with Crippen LogP contribution in [-0.4, -0.2) is 80.3 Å². The maximum absolute atomic E-state index is 13.2. The van der Waals surface area contributed by atoms with Crippen molar-refractivity contribution in [3.63, 3.8) is 0 Å². The van der Waals surface area contributed by atoms with Crippen LogP contribution in [0.25, 0.3) is 11.1 Å². The standard InChI is InChI=1S/C49H52N8O5/c58-30-43-38-20-24-56(28-32-18-22-50-23-19-32)47(38)39-26-34(13-15-42(39)54-43)33-6-1-8-36(25-33)53-45(59)11-2-7-35-14-12-31(27-52-35)5-4-21-51-41-10-3-9-37-40(41)29-57(49(37)62)44-16-17-46(60)55-48(44)61/h1,3,6,8-10,12-15,18-19,22-23,25-27,38,43-44,47,51,54,58H,2,4-5,7,11,16-17,20-21,24,28-30H2,(H,53,59)(H,55,60,61)/t38-,43-,44?,47-/m1/s1. The minimum Gasteiger partial charge on any atom is -0.394 e. The summed E-state index contributed by atoms with van der Waals surface area (Å²) in [5, 5.41) is 22.8. The molecular formula is C49H52N8O5. The van der Waals surface area contributed by atoms with Gasteiger partial charge in [0.15, 0.2) is 0 Å². The van der Waals surface area contributed by atoms with Gasteiger partial charge in [0, 0.05) is 96.9 Å². The molecule has 4 aliphatic heterocycles. The van der Waals surface area contributed by atoms with E-state index in [1.807, 2.05) is 55.0 Å². The number of piperidine rings is 1. The number of aryl methyl sites for hydroxylation is 2. The van der Waals surface area contributed by atoms with Crippen molar-refractivity contribution in [1.82, 2.24) is 25.1 Å². The lowest BCUT2D eigenvalue weighted by molar-refractivity contribution is -0.137. The molecule has 5 N–H and O–H groups in total. The van der Waals surface area contributed by atoms with Gasteiger partial charge < -0.3 is 26.0 Å². The molecule has 4 aliphatic rings. The maximum atomic E-state index is 13.2. The predicted octanol–water partition coefficient (Wildman–Crippen LogP) is 6.26. The van der Waals surface area contributed by atoms with E-state index in [9.17, 15) is 24.3 Å². The number of likely N-dealkylation sites (tertiary alicyclic amines) is 1. The summed E-state index contributed by atoms with van der Waals surface area (Å²) in [5.74, 6) is -0.617. The molecule has 0 radical (unpaired) electrons. The highest BCUT2D eigenvalue weighted by Crippen LogP contribution is 2.48. The van der Waals surface area contributed by atoms with Crippen molar-refractivity contribution < 1.29 is 24.3 Å². The molecule has 0 aliphatic carbocycles. The topological polar surface area (TPSA) is 169 Å². The molecule has 13 heteroatoms. The lowest BCUT2D eigenvalue weighted by atomic mass is 9.82. The van der Waals surface area contributed by atoms with E-state index in [1.165, 1.54) is 11.1 Å². The normalized spacial score (nSPS) is 20.5. The molecule has 2 aromatic heterocycles. The Morgan fingerprint density at radius 1 is 0.887 bits per heavy atom. The highest BCUT2D eigenvalue weighted by molar-refractivity contribution is 6.06. The van der Waals surface area contributed by atoms with Gasteiger partial charge >= 0.3 is 0 Å². The Morgan fingerprint density at radius 2 is 1.74 bits per heavy atom. The van der Waals surface area contributed by atoms with Crippen LogP contribution in [0.1, 0.15) is 82.9 Å². The Hall–Kier alpha value is -6.44. The Bertz CT molecular complexity index is 2460. The third kappa shape index (κ3) is 8.81. The molecule has 0 bridgehead atoms. The zero-order valence-corrected chi connectivity index (χ0v) is 34.7. The van der Waals surface area contributed by atoms with Crippen molar-refractivity contribution in [2.45, 2.75) is 82.6 Å². The molecule has 1 unspecified atom stereocenters. The molecule has 62 heavy (non-hydrogen) atoms. The fourth-order valence-corrected chi connectivity index (χ4v) is 9.69. The predicted molar refractivity (Wildman–Crippen MR) is 237 cm³/mol. The number of carbonyl (C=O) groups excluding carboxylic acids is 4. The molecule has 0 saturated carbocycles. The fraction of sp³-hybridized carbons (Fsp3) is 0.347. The number of aliphatic hydroxyl groups is 1. The van der Waals surface area contributed by atoms with E-state index in [0.29, 0.717) is 50.3 Å². The lowest BCUT2D eigenvalue weighted by Crippen LogP contribution is -2.52. The van der Waals surface area contributed by atoms with Crippen molar-refractivity contribution in [3.8, 4) is 11.1 Å². The Morgan fingerprint density at radius 3 is 2.56 bits per heavy atom. The van der Waals surface area contributed by atoms with Crippen molar-refractivity contribution in [1.29, 1.82) is 0 Å². The Labute approximate surface area is 361 Å². The van der Waals surface area contributed by atoms with Crippen LogP contribution in [0.5, 0.6) is 0 Å². The van der Waals surface area contributed by atoms with E-state index in [1.54, 1.807) is 11.0 Å². The zero-order valence-electron chi connectivity index (χ0n) is 34.7. The summed E-state index contributed by atoms with van der Waals surface area (Å²) >= 11 is 0. The average molecular weight is 833 g/mol. The first-order chi connectivity index (χ1) is 30.3. The van der Waals surface area contributed by atoms with E-state index >= 15 is 0 Å². The van der Waals surface area contributed by atoms with Crippen LogP contribution in [0.4, 0.5) is 17.1 Å². The minimum atomic E-state index is -0.637. The molecular weight excluding hydrogens is 781 g/mol. The second-order valence-corrected chi connectivity index (χ2v) is 16.9. The lowest BCUT2D eigenvalue weighted by Gasteiger charge is -2.39. The number of anilines is 3. The van der Waals surface area contributed by atoms with Crippen LogP contribution in [0, 0.1) is 5.92 Å². The van der Waals surface area contributed by atoms with Crippen molar-refractivity contribution in [2.24, 2.45) is 5.92 Å². The first-order valence-corrected chi connectivity index (χ1v) is 21.8. The van der Waals surface area contributed by atoms with Gasteiger partial charge in [-0.15, -0.1) is 0 Å². The Kier molecular flexibility index (Phi) is 12.1. The van der Waals surface area contributed by atoms with Gasteiger partial charge in [-0.3, -0.25) is 39.4 Å². The zero-order chi connectivity index (χ0) is 42.6. The molecule has 0 spiro atoms. The summed E-state index contributed by atoms with van der Waals surface area (Å²) in [5.41, 5.74) is 10.8. The first-order valence-electron chi connectivity index (χ1n) is 21.8. The van der Waals surface area contributed by atoms with Gasteiger partial charge in [0.2, 0.25) is 17.7 Å². The fourth-order valence-electron chi connectivity index (χ4n) is 9.69.